The number of rotatable bonds is 6. The largest absolute Gasteiger partial charge is 0.484 e. The van der Waals surface area contributed by atoms with Gasteiger partial charge < -0.3 is 4.74 Å². The fourth-order valence-corrected chi connectivity index (χ4v) is 4.31. The van der Waals surface area contributed by atoms with Crippen molar-refractivity contribution >= 4 is 22.4 Å². The molecule has 0 saturated heterocycles. The molecule has 156 valence electrons. The summed E-state index contributed by atoms with van der Waals surface area (Å²) in [5.74, 6) is 0.325. The molecule has 4 rings (SSSR count). The van der Waals surface area contributed by atoms with Crippen molar-refractivity contribution in [1.82, 2.24) is 4.98 Å². The second-order valence-electron chi connectivity index (χ2n) is 7.13. The highest BCUT2D eigenvalue weighted by molar-refractivity contribution is 7.15. The van der Waals surface area contributed by atoms with Crippen LogP contribution in [-0.2, 0) is 30.2 Å². The second-order valence-corrected chi connectivity index (χ2v) is 8.24. The van der Waals surface area contributed by atoms with Gasteiger partial charge in [0.2, 0.25) is 0 Å². The molecule has 1 aliphatic carbocycles. The van der Waals surface area contributed by atoms with Gasteiger partial charge in [0.25, 0.3) is 5.91 Å². The van der Waals surface area contributed by atoms with E-state index in [1.807, 2.05) is 18.2 Å². The van der Waals surface area contributed by atoms with Crippen molar-refractivity contribution in [2.45, 2.75) is 31.9 Å². The summed E-state index contributed by atoms with van der Waals surface area (Å²) in [6, 6.07) is 11.1. The highest BCUT2D eigenvalue weighted by atomic mass is 32.1. The second kappa shape index (κ2) is 8.47. The molecule has 30 heavy (non-hydrogen) atoms. The molecule has 8 heteroatoms. The Bertz CT molecular complexity index is 1060. The predicted octanol–water partition coefficient (Wildman–Crippen LogP) is 5.26. The van der Waals surface area contributed by atoms with Gasteiger partial charge in [0.15, 0.2) is 11.7 Å². The van der Waals surface area contributed by atoms with Crippen LogP contribution in [0, 0.1) is 0 Å². The Labute approximate surface area is 175 Å². The van der Waals surface area contributed by atoms with E-state index in [0.29, 0.717) is 22.9 Å². The van der Waals surface area contributed by atoms with Gasteiger partial charge in [-0.15, -0.1) is 11.3 Å². The van der Waals surface area contributed by atoms with Crippen molar-refractivity contribution in [1.29, 1.82) is 0 Å². The molecule has 0 unspecified atom stereocenters. The van der Waals surface area contributed by atoms with Crippen LogP contribution in [0.1, 0.15) is 33.6 Å². The van der Waals surface area contributed by atoms with Crippen LogP contribution in [0.5, 0.6) is 5.75 Å². The third kappa shape index (κ3) is 4.99. The molecular weight excluding hydrogens is 413 g/mol. The van der Waals surface area contributed by atoms with Gasteiger partial charge in [0.05, 0.1) is 5.56 Å². The number of halogens is 3. The molecule has 0 spiro atoms. The van der Waals surface area contributed by atoms with Crippen LogP contribution in [0.2, 0.25) is 0 Å². The molecule has 1 aromatic heterocycles. The summed E-state index contributed by atoms with van der Waals surface area (Å²) in [6.07, 6.45) is 0.758. The number of aryl methyl sites for hydroxylation is 2. The Morgan fingerprint density at radius 1 is 1.13 bits per heavy atom. The van der Waals surface area contributed by atoms with E-state index in [1.54, 1.807) is 12.3 Å². The average molecular weight is 432 g/mol. The van der Waals surface area contributed by atoms with E-state index in [9.17, 15) is 18.0 Å². The Kier molecular flexibility index (Phi) is 5.76. The number of nitrogens with zero attached hydrogens (tertiary/aromatic N) is 1. The highest BCUT2D eigenvalue weighted by Gasteiger charge is 2.30. The van der Waals surface area contributed by atoms with Crippen molar-refractivity contribution in [3.8, 4) is 5.75 Å². The quantitative estimate of drug-likeness (QED) is 0.578. The molecule has 1 heterocycles. The Morgan fingerprint density at radius 3 is 2.80 bits per heavy atom. The number of nitrogens with one attached hydrogen (secondary N) is 1. The van der Waals surface area contributed by atoms with E-state index >= 15 is 0 Å². The van der Waals surface area contributed by atoms with E-state index in [1.165, 1.54) is 28.5 Å². The van der Waals surface area contributed by atoms with Crippen LogP contribution in [0.4, 0.5) is 18.3 Å². The van der Waals surface area contributed by atoms with Gasteiger partial charge in [-0.2, -0.15) is 13.2 Å². The zero-order valence-corrected chi connectivity index (χ0v) is 16.8. The number of benzene rings is 2. The lowest BCUT2D eigenvalue weighted by atomic mass is 10.1. The molecule has 3 aromatic rings. The molecule has 0 aliphatic heterocycles. The molecule has 1 aliphatic rings. The maximum atomic E-state index is 12.8. The van der Waals surface area contributed by atoms with Gasteiger partial charge in [0.1, 0.15) is 5.75 Å². The minimum atomic E-state index is -4.37. The standard InChI is InChI=1S/C22H19F3N2O2S/c23-22(24,25)17-6-1-3-14(9-17)10-19-12-26-21(30-19)27-20(28)13-29-18-8-7-15-4-2-5-16(15)11-18/h1,3,6-9,11-12H,2,4-5,10,13H2,(H,26,27,28). The maximum absolute atomic E-state index is 12.8. The summed E-state index contributed by atoms with van der Waals surface area (Å²) in [5.41, 5.74) is 2.46. The average Bonchev–Trinajstić information content (AvgIpc) is 3.35. The van der Waals surface area contributed by atoms with Crippen LogP contribution in [0.3, 0.4) is 0 Å². The highest BCUT2D eigenvalue weighted by Crippen LogP contribution is 2.31. The minimum absolute atomic E-state index is 0.138. The van der Waals surface area contributed by atoms with Gasteiger partial charge in [0, 0.05) is 17.5 Å². The van der Waals surface area contributed by atoms with Crippen LogP contribution < -0.4 is 10.1 Å². The third-order valence-electron chi connectivity index (χ3n) is 4.87. The monoisotopic (exact) mass is 432 g/mol. The summed E-state index contributed by atoms with van der Waals surface area (Å²) < 4.78 is 44.1. The van der Waals surface area contributed by atoms with Crippen molar-refractivity contribution in [3.05, 3.63) is 75.8 Å². The first-order valence-electron chi connectivity index (χ1n) is 9.52. The molecule has 0 bridgehead atoms. The summed E-state index contributed by atoms with van der Waals surface area (Å²) in [6.45, 7) is -0.138. The first kappa shape index (κ1) is 20.4. The van der Waals surface area contributed by atoms with E-state index in [-0.39, 0.29) is 12.5 Å². The SMILES string of the molecule is O=C(COc1ccc2c(c1)CCC2)Nc1ncc(Cc2cccc(C(F)(F)F)c2)s1. The number of ether oxygens (including phenoxy) is 1. The van der Waals surface area contributed by atoms with Gasteiger partial charge in [-0.25, -0.2) is 4.98 Å². The van der Waals surface area contributed by atoms with E-state index in [0.717, 1.165) is 36.3 Å². The zero-order chi connectivity index (χ0) is 21.1. The molecule has 0 fully saturated rings. The van der Waals surface area contributed by atoms with Gasteiger partial charge in [-0.3, -0.25) is 10.1 Å². The molecule has 0 atom stereocenters. The van der Waals surface area contributed by atoms with E-state index < -0.39 is 11.7 Å². The first-order chi connectivity index (χ1) is 14.4. The van der Waals surface area contributed by atoms with E-state index in [4.69, 9.17) is 4.74 Å². The summed E-state index contributed by atoms with van der Waals surface area (Å²) >= 11 is 1.23. The summed E-state index contributed by atoms with van der Waals surface area (Å²) in [4.78, 5) is 17.0. The number of hydrogen-bond acceptors (Lipinski definition) is 4. The maximum Gasteiger partial charge on any atom is 0.416 e. The fraction of sp³-hybridized carbons (Fsp3) is 0.273. The Balaban J connectivity index is 1.31. The van der Waals surface area contributed by atoms with Crippen molar-refractivity contribution in [2.75, 3.05) is 11.9 Å². The number of carbonyl (C=O) groups excluding carboxylic acids is 1. The van der Waals surface area contributed by atoms with Gasteiger partial charge >= 0.3 is 6.18 Å². The van der Waals surface area contributed by atoms with Gasteiger partial charge in [-0.1, -0.05) is 24.3 Å². The third-order valence-corrected chi connectivity index (χ3v) is 5.79. The molecule has 1 N–H and O–H groups in total. The lowest BCUT2D eigenvalue weighted by Crippen LogP contribution is -2.20. The number of alkyl halides is 3. The van der Waals surface area contributed by atoms with Crippen LogP contribution in [0.25, 0.3) is 0 Å². The van der Waals surface area contributed by atoms with Crippen molar-refractivity contribution in [3.63, 3.8) is 0 Å². The smallest absolute Gasteiger partial charge is 0.416 e. The molecule has 4 nitrogen and oxygen atoms in total. The topological polar surface area (TPSA) is 51.2 Å². The molecule has 0 radical (unpaired) electrons. The molecule has 1 amide bonds. The van der Waals surface area contributed by atoms with Gasteiger partial charge in [-0.05, 0) is 54.2 Å². The number of hydrogen-bond donors (Lipinski definition) is 1. The molecule has 0 saturated carbocycles. The number of amides is 1. The van der Waals surface area contributed by atoms with Crippen LogP contribution >= 0.6 is 11.3 Å². The van der Waals surface area contributed by atoms with Crippen LogP contribution in [0.15, 0.2) is 48.7 Å². The Morgan fingerprint density at radius 2 is 1.97 bits per heavy atom. The lowest BCUT2D eigenvalue weighted by molar-refractivity contribution is -0.137. The normalized spacial score (nSPS) is 13.2. The summed E-state index contributed by atoms with van der Waals surface area (Å²) in [7, 11) is 0. The number of thiazole rings is 1. The molecular formula is C22H19F3N2O2S. The number of carbonyl (C=O) groups is 1. The zero-order valence-electron chi connectivity index (χ0n) is 16.0. The number of aromatic nitrogens is 1. The molecule has 2 aromatic carbocycles. The van der Waals surface area contributed by atoms with Crippen molar-refractivity contribution in [2.24, 2.45) is 0 Å². The number of fused-ring (bicyclic) bond motifs is 1. The Hall–Kier alpha value is -2.87. The number of anilines is 1. The minimum Gasteiger partial charge on any atom is -0.484 e. The van der Waals surface area contributed by atoms with E-state index in [2.05, 4.69) is 10.3 Å². The van der Waals surface area contributed by atoms with Crippen molar-refractivity contribution < 1.29 is 22.7 Å². The first-order valence-corrected chi connectivity index (χ1v) is 10.3. The van der Waals surface area contributed by atoms with Crippen LogP contribution in [-0.4, -0.2) is 17.5 Å². The summed E-state index contributed by atoms with van der Waals surface area (Å²) in [5, 5.41) is 3.06. The predicted molar refractivity (Wildman–Crippen MR) is 109 cm³/mol. The fourth-order valence-electron chi connectivity index (χ4n) is 3.45. The lowest BCUT2D eigenvalue weighted by Gasteiger charge is -2.08.